The summed E-state index contributed by atoms with van der Waals surface area (Å²) in [5.41, 5.74) is -1.81. The summed E-state index contributed by atoms with van der Waals surface area (Å²) >= 11 is 0. The van der Waals surface area contributed by atoms with Crippen molar-refractivity contribution in [2.24, 2.45) is 5.41 Å². The van der Waals surface area contributed by atoms with E-state index in [1.165, 1.54) is 0 Å². The third-order valence-electron chi connectivity index (χ3n) is 4.96. The topological polar surface area (TPSA) is 36.9 Å². The molecule has 205 valence electrons. The molecule has 0 spiro atoms. The Morgan fingerprint density at radius 3 is 1.68 bits per heavy atom. The zero-order valence-corrected chi connectivity index (χ0v) is 28.4. The van der Waals surface area contributed by atoms with Crippen LogP contribution in [0, 0.1) is 11.7 Å². The quantitative estimate of drug-likeness (QED) is 0.191. The number of halogens is 7. The van der Waals surface area contributed by atoms with Gasteiger partial charge in [-0.3, -0.25) is 0 Å². The van der Waals surface area contributed by atoms with Crippen molar-refractivity contribution in [1.29, 1.82) is 0 Å². The maximum Gasteiger partial charge on any atom is 0.459 e. The summed E-state index contributed by atoms with van der Waals surface area (Å²) in [5.74, 6) is -11.4. The van der Waals surface area contributed by atoms with E-state index < -0.39 is 76.8 Å². The van der Waals surface area contributed by atoms with Crippen molar-refractivity contribution in [1.82, 2.24) is 0 Å². The van der Waals surface area contributed by atoms with Gasteiger partial charge < -0.3 is 17.1 Å². The molecule has 0 N–H and O–H groups in total. The number of hydrogen-bond donors (Lipinski definition) is 0. The van der Waals surface area contributed by atoms with Crippen LogP contribution in [0.1, 0.15) is 26.7 Å². The predicted molar refractivity (Wildman–Crippen MR) is 133 cm³/mol. The summed E-state index contributed by atoms with van der Waals surface area (Å²) in [6.45, 7) is 18.6. The third kappa shape index (κ3) is 10.4. The maximum absolute atomic E-state index is 14.1. The molecule has 0 saturated heterocycles. The van der Waals surface area contributed by atoms with Crippen molar-refractivity contribution < 1.29 is 47.8 Å². The van der Waals surface area contributed by atoms with Crippen LogP contribution in [0.3, 0.4) is 0 Å². The smallest absolute Gasteiger partial charge is 0.459 e. The van der Waals surface area contributed by atoms with E-state index in [-0.39, 0.29) is 16.8 Å². The van der Waals surface area contributed by atoms with Crippen molar-refractivity contribution in [3.05, 3.63) is 6.29 Å². The summed E-state index contributed by atoms with van der Waals surface area (Å²) in [6.07, 6.45) is -8.46. The summed E-state index contributed by atoms with van der Waals surface area (Å²) in [5, 5.41) is 0. The molecule has 0 aliphatic rings. The van der Waals surface area contributed by atoms with Gasteiger partial charge in [0.2, 0.25) is 6.29 Å². The Labute approximate surface area is 207 Å². The second-order valence-electron chi connectivity index (χ2n) is 11.4. The zero-order valence-electron chi connectivity index (χ0n) is 22.0. The second-order valence-corrected chi connectivity index (χ2v) is 26.5. The van der Waals surface area contributed by atoms with E-state index in [9.17, 15) is 30.7 Å². The molecule has 0 amide bonds. The standard InChI is InChI=1S/C18H40F7O4Si5/c1-15(2,14(26-30)27-34(9,10)29-33(6,7)8)13(31-28-32(3,4)5)11-12-16(19,20)17(21,22)18(23,24)25/h13H,11-12,31H2,1-10,30H3. The van der Waals surface area contributed by atoms with Crippen molar-refractivity contribution in [2.75, 3.05) is 0 Å². The molecule has 16 heteroatoms. The fourth-order valence-corrected chi connectivity index (χ4v) is 14.7. The minimum absolute atomic E-state index is 0.136. The first-order chi connectivity index (χ1) is 14.7. The lowest BCUT2D eigenvalue weighted by atomic mass is 9.84. The molecular formula is C18H40F7O4Si5. The van der Waals surface area contributed by atoms with Gasteiger partial charge in [0.1, 0.15) is 20.2 Å². The van der Waals surface area contributed by atoms with Crippen LogP contribution < -0.4 is 0 Å². The Balaban J connectivity index is 5.96. The molecule has 1 radical (unpaired) electrons. The van der Waals surface area contributed by atoms with E-state index in [1.807, 2.05) is 52.4 Å². The van der Waals surface area contributed by atoms with Crippen LogP contribution in [0.25, 0.3) is 0 Å². The van der Waals surface area contributed by atoms with E-state index in [2.05, 4.69) is 0 Å². The SMILES string of the molecule is CC(C)([C](O[SiH3])O[Si](C)(C)O[Si](C)(C)C)C(CCC(F)(F)C(F)(F)C(F)(F)F)[SiH2]O[Si](C)(C)C. The van der Waals surface area contributed by atoms with Gasteiger partial charge in [-0.25, -0.2) is 0 Å². The number of hydrogen-bond acceptors (Lipinski definition) is 4. The first-order valence-corrected chi connectivity index (χ1v) is 22.8. The highest BCUT2D eigenvalue weighted by molar-refractivity contribution is 6.81. The van der Waals surface area contributed by atoms with Crippen LogP contribution in [-0.2, 0) is 17.1 Å². The van der Waals surface area contributed by atoms with E-state index in [1.54, 1.807) is 13.8 Å². The molecule has 0 rings (SSSR count). The minimum atomic E-state index is -6.35. The van der Waals surface area contributed by atoms with Gasteiger partial charge in [0.05, 0.1) is 0 Å². The first-order valence-electron chi connectivity index (χ1n) is 11.0. The highest BCUT2D eigenvalue weighted by atomic mass is 28.4. The molecule has 0 aromatic rings. The third-order valence-corrected chi connectivity index (χ3v) is 16.4. The van der Waals surface area contributed by atoms with Crippen molar-refractivity contribution in [3.63, 3.8) is 0 Å². The molecule has 1 atom stereocenters. The van der Waals surface area contributed by atoms with E-state index in [0.29, 0.717) is 0 Å². The fraction of sp³-hybridized carbons (Fsp3) is 0.944. The van der Waals surface area contributed by atoms with E-state index in [4.69, 9.17) is 17.1 Å². The van der Waals surface area contributed by atoms with Crippen molar-refractivity contribution in [2.45, 2.75) is 103 Å². The lowest BCUT2D eigenvalue weighted by molar-refractivity contribution is -0.355. The molecule has 4 nitrogen and oxygen atoms in total. The monoisotopic (exact) mass is 593 g/mol. The summed E-state index contributed by atoms with van der Waals surface area (Å²) in [4.78, 5) is 0. The lowest BCUT2D eigenvalue weighted by Crippen LogP contribution is -2.52. The van der Waals surface area contributed by atoms with Crippen molar-refractivity contribution in [3.8, 4) is 0 Å². The molecule has 0 heterocycles. The lowest BCUT2D eigenvalue weighted by Gasteiger charge is -2.43. The molecule has 0 bridgehead atoms. The average Bonchev–Trinajstić information content (AvgIpc) is 2.54. The molecular weight excluding hydrogens is 554 g/mol. The highest BCUT2D eigenvalue weighted by Gasteiger charge is 2.72. The Hall–Kier alpha value is 0.434. The van der Waals surface area contributed by atoms with Gasteiger partial charge in [-0.2, -0.15) is 30.7 Å². The van der Waals surface area contributed by atoms with Crippen LogP contribution in [0.2, 0.25) is 57.9 Å². The van der Waals surface area contributed by atoms with Crippen LogP contribution in [0.5, 0.6) is 0 Å². The Morgan fingerprint density at radius 1 is 0.853 bits per heavy atom. The van der Waals surface area contributed by atoms with Gasteiger partial charge in [0.15, 0.2) is 16.6 Å². The molecule has 0 aromatic heterocycles. The van der Waals surface area contributed by atoms with Gasteiger partial charge >= 0.3 is 26.6 Å². The molecule has 0 saturated carbocycles. The summed E-state index contributed by atoms with van der Waals surface area (Å²) in [7, 11) is -8.33. The minimum Gasteiger partial charge on any atom is -0.460 e. The number of alkyl halides is 7. The first kappa shape index (κ1) is 34.4. The number of rotatable bonds is 14. The molecule has 34 heavy (non-hydrogen) atoms. The molecule has 1 unspecified atom stereocenters. The maximum atomic E-state index is 14.1. The van der Waals surface area contributed by atoms with Gasteiger partial charge in [-0.15, -0.1) is 0 Å². The van der Waals surface area contributed by atoms with Crippen molar-refractivity contribution >= 4 is 45.4 Å². The van der Waals surface area contributed by atoms with Crippen LogP contribution in [0.15, 0.2) is 0 Å². The van der Waals surface area contributed by atoms with Gasteiger partial charge in [0.25, 0.3) is 0 Å². The zero-order chi connectivity index (χ0) is 27.6. The summed E-state index contributed by atoms with van der Waals surface area (Å²) in [6, 6.07) is 0. The van der Waals surface area contributed by atoms with Gasteiger partial charge in [0, 0.05) is 11.8 Å². The predicted octanol–water partition coefficient (Wildman–Crippen LogP) is 5.71. The summed E-state index contributed by atoms with van der Waals surface area (Å²) < 4.78 is 117. The Bertz CT molecular complexity index is 650. The van der Waals surface area contributed by atoms with Crippen LogP contribution in [-0.4, -0.2) is 63.5 Å². The molecule has 0 aliphatic heterocycles. The highest BCUT2D eigenvalue weighted by Crippen LogP contribution is 2.52. The van der Waals surface area contributed by atoms with Gasteiger partial charge in [-0.05, 0) is 64.3 Å². The second kappa shape index (κ2) is 11.4. The fourth-order valence-electron chi connectivity index (χ4n) is 3.31. The largest absolute Gasteiger partial charge is 0.460 e. The van der Waals surface area contributed by atoms with Crippen LogP contribution >= 0.6 is 0 Å². The molecule has 0 aromatic carbocycles. The Kier molecular flexibility index (Phi) is 11.6. The van der Waals surface area contributed by atoms with E-state index in [0.717, 1.165) is 0 Å². The van der Waals surface area contributed by atoms with Gasteiger partial charge in [-0.1, -0.05) is 13.8 Å². The normalized spacial score (nSPS) is 16.8. The van der Waals surface area contributed by atoms with Crippen LogP contribution in [0.4, 0.5) is 30.7 Å². The molecule has 0 aliphatic carbocycles. The van der Waals surface area contributed by atoms with E-state index >= 15 is 0 Å². The Morgan fingerprint density at radius 2 is 1.32 bits per heavy atom. The molecule has 0 fully saturated rings. The average molecular weight is 594 g/mol.